The molecule has 0 fully saturated rings. The molecule has 20 heavy (non-hydrogen) atoms. The molecule has 0 radical (unpaired) electrons. The Hall–Kier alpha value is -1.71. The summed E-state index contributed by atoms with van der Waals surface area (Å²) in [4.78, 5) is 0. The average Bonchev–Trinajstić information content (AvgIpc) is 2.46. The predicted octanol–water partition coefficient (Wildman–Crippen LogP) is 3.47. The Kier molecular flexibility index (Phi) is 3.55. The molecule has 1 atom stereocenters. The van der Waals surface area contributed by atoms with E-state index in [-0.39, 0.29) is 6.04 Å². The maximum absolute atomic E-state index is 6.32. The average molecular weight is 290 g/mol. The molecule has 0 aromatic heterocycles. The fourth-order valence-electron chi connectivity index (χ4n) is 2.32. The number of benzene rings is 2. The minimum Gasteiger partial charge on any atom is -0.486 e. The van der Waals surface area contributed by atoms with Crippen molar-refractivity contribution in [3.8, 4) is 11.5 Å². The number of ether oxygens (including phenoxy) is 2. The zero-order chi connectivity index (χ0) is 14.1. The van der Waals surface area contributed by atoms with Gasteiger partial charge in [-0.05, 0) is 41.8 Å². The lowest BCUT2D eigenvalue weighted by Gasteiger charge is -2.21. The van der Waals surface area contributed by atoms with E-state index in [9.17, 15) is 0 Å². The molecule has 2 aromatic rings. The van der Waals surface area contributed by atoms with Crippen LogP contribution in [0.3, 0.4) is 0 Å². The summed E-state index contributed by atoms with van der Waals surface area (Å²) < 4.78 is 11.1. The smallest absolute Gasteiger partial charge is 0.161 e. The molecule has 1 aliphatic heterocycles. The maximum atomic E-state index is 6.32. The van der Waals surface area contributed by atoms with Gasteiger partial charge in [-0.1, -0.05) is 29.8 Å². The van der Waals surface area contributed by atoms with Crippen LogP contribution in [0.1, 0.15) is 22.7 Å². The normalized spacial score (nSPS) is 14.9. The van der Waals surface area contributed by atoms with Crippen molar-refractivity contribution in [3.63, 3.8) is 0 Å². The van der Waals surface area contributed by atoms with Gasteiger partial charge in [0.05, 0.1) is 6.04 Å². The van der Waals surface area contributed by atoms with E-state index < -0.39 is 0 Å². The highest BCUT2D eigenvalue weighted by Crippen LogP contribution is 2.35. The van der Waals surface area contributed by atoms with Crippen LogP contribution in [0.25, 0.3) is 0 Å². The van der Waals surface area contributed by atoms with E-state index >= 15 is 0 Å². The molecular formula is C16H16ClNO2. The summed E-state index contributed by atoms with van der Waals surface area (Å²) in [6, 6.07) is 11.4. The summed E-state index contributed by atoms with van der Waals surface area (Å²) in [5.74, 6) is 1.51. The number of rotatable bonds is 2. The van der Waals surface area contributed by atoms with E-state index in [2.05, 4.69) is 0 Å². The predicted molar refractivity (Wildman–Crippen MR) is 79.7 cm³/mol. The van der Waals surface area contributed by atoms with Crippen LogP contribution in [0.15, 0.2) is 36.4 Å². The minimum atomic E-state index is -0.279. The van der Waals surface area contributed by atoms with Crippen LogP contribution in [0.2, 0.25) is 5.02 Å². The van der Waals surface area contributed by atoms with Crippen molar-refractivity contribution in [1.29, 1.82) is 0 Å². The van der Waals surface area contributed by atoms with E-state index in [0.717, 1.165) is 28.2 Å². The van der Waals surface area contributed by atoms with E-state index in [4.69, 9.17) is 26.8 Å². The van der Waals surface area contributed by atoms with Crippen LogP contribution in [-0.4, -0.2) is 13.2 Å². The number of aryl methyl sites for hydroxylation is 1. The van der Waals surface area contributed by atoms with Gasteiger partial charge < -0.3 is 15.2 Å². The van der Waals surface area contributed by atoms with Crippen molar-refractivity contribution in [2.24, 2.45) is 5.73 Å². The van der Waals surface area contributed by atoms with Crippen LogP contribution in [0, 0.1) is 6.92 Å². The summed E-state index contributed by atoms with van der Waals surface area (Å²) in [5, 5.41) is 0.687. The highest BCUT2D eigenvalue weighted by Gasteiger charge is 2.17. The zero-order valence-electron chi connectivity index (χ0n) is 11.2. The Bertz CT molecular complexity index is 642. The first-order valence-corrected chi connectivity index (χ1v) is 6.94. The maximum Gasteiger partial charge on any atom is 0.161 e. The lowest BCUT2D eigenvalue weighted by atomic mass is 9.98. The Labute approximate surface area is 123 Å². The molecule has 0 bridgehead atoms. The Morgan fingerprint density at radius 2 is 1.80 bits per heavy atom. The summed E-state index contributed by atoms with van der Waals surface area (Å²) in [6.45, 7) is 3.16. The Morgan fingerprint density at radius 3 is 2.55 bits per heavy atom. The Balaban J connectivity index is 1.95. The third kappa shape index (κ3) is 2.47. The first-order chi connectivity index (χ1) is 9.65. The molecule has 1 unspecified atom stereocenters. The monoisotopic (exact) mass is 289 g/mol. The molecule has 0 saturated carbocycles. The summed E-state index contributed by atoms with van der Waals surface area (Å²) >= 11 is 6.28. The fourth-order valence-corrected chi connectivity index (χ4v) is 2.67. The number of fused-ring (bicyclic) bond motifs is 1. The lowest BCUT2D eigenvalue weighted by molar-refractivity contribution is 0.171. The van der Waals surface area contributed by atoms with Crippen molar-refractivity contribution in [3.05, 3.63) is 58.1 Å². The fraction of sp³-hybridized carbons (Fsp3) is 0.250. The van der Waals surface area contributed by atoms with Crippen LogP contribution < -0.4 is 15.2 Å². The van der Waals surface area contributed by atoms with E-state index in [1.54, 1.807) is 0 Å². The molecule has 0 amide bonds. The van der Waals surface area contributed by atoms with E-state index in [0.29, 0.717) is 18.2 Å². The van der Waals surface area contributed by atoms with Gasteiger partial charge in [0, 0.05) is 5.02 Å². The standard InChI is InChI=1S/C16H16ClNO2/c1-10-2-4-12(13(17)8-10)16(18)11-3-5-14-15(9-11)20-7-6-19-14/h2-5,8-9,16H,6-7,18H2,1H3. The van der Waals surface area contributed by atoms with Gasteiger partial charge >= 0.3 is 0 Å². The van der Waals surface area contributed by atoms with Crippen molar-refractivity contribution in [2.75, 3.05) is 13.2 Å². The molecule has 0 aliphatic carbocycles. The van der Waals surface area contributed by atoms with Crippen LogP contribution in [-0.2, 0) is 0 Å². The van der Waals surface area contributed by atoms with Gasteiger partial charge in [0.25, 0.3) is 0 Å². The summed E-state index contributed by atoms with van der Waals surface area (Å²) in [6.07, 6.45) is 0. The van der Waals surface area contributed by atoms with E-state index in [1.807, 2.05) is 43.3 Å². The second kappa shape index (κ2) is 5.35. The lowest BCUT2D eigenvalue weighted by Crippen LogP contribution is -2.17. The van der Waals surface area contributed by atoms with Crippen LogP contribution in [0.4, 0.5) is 0 Å². The van der Waals surface area contributed by atoms with Crippen molar-refractivity contribution < 1.29 is 9.47 Å². The molecule has 1 aliphatic rings. The summed E-state index contributed by atoms with van der Waals surface area (Å²) in [5.41, 5.74) is 9.31. The van der Waals surface area contributed by atoms with Crippen molar-refractivity contribution >= 4 is 11.6 Å². The third-order valence-electron chi connectivity index (χ3n) is 3.42. The molecule has 2 aromatic carbocycles. The SMILES string of the molecule is Cc1ccc(C(N)c2ccc3c(c2)OCCO3)c(Cl)c1. The first-order valence-electron chi connectivity index (χ1n) is 6.56. The molecule has 104 valence electrons. The molecule has 1 heterocycles. The van der Waals surface area contributed by atoms with Crippen molar-refractivity contribution in [2.45, 2.75) is 13.0 Å². The topological polar surface area (TPSA) is 44.5 Å². The van der Waals surface area contributed by atoms with Gasteiger partial charge in [0.2, 0.25) is 0 Å². The molecular weight excluding hydrogens is 274 g/mol. The minimum absolute atomic E-state index is 0.279. The first kappa shape index (κ1) is 13.3. The van der Waals surface area contributed by atoms with Crippen LogP contribution in [0.5, 0.6) is 11.5 Å². The third-order valence-corrected chi connectivity index (χ3v) is 3.74. The highest BCUT2D eigenvalue weighted by molar-refractivity contribution is 6.31. The molecule has 2 N–H and O–H groups in total. The number of hydrogen-bond donors (Lipinski definition) is 1. The van der Waals surface area contributed by atoms with Gasteiger partial charge in [0.1, 0.15) is 13.2 Å². The zero-order valence-corrected chi connectivity index (χ0v) is 12.0. The highest BCUT2D eigenvalue weighted by atomic mass is 35.5. The van der Waals surface area contributed by atoms with Gasteiger partial charge in [0.15, 0.2) is 11.5 Å². The summed E-state index contributed by atoms with van der Waals surface area (Å²) in [7, 11) is 0. The number of nitrogens with two attached hydrogens (primary N) is 1. The van der Waals surface area contributed by atoms with Crippen LogP contribution >= 0.6 is 11.6 Å². The second-order valence-electron chi connectivity index (χ2n) is 4.91. The van der Waals surface area contributed by atoms with E-state index in [1.165, 1.54) is 0 Å². The van der Waals surface area contributed by atoms with Gasteiger partial charge in [-0.2, -0.15) is 0 Å². The largest absolute Gasteiger partial charge is 0.486 e. The number of hydrogen-bond acceptors (Lipinski definition) is 3. The van der Waals surface area contributed by atoms with Crippen molar-refractivity contribution in [1.82, 2.24) is 0 Å². The molecule has 0 saturated heterocycles. The molecule has 4 heteroatoms. The van der Waals surface area contributed by atoms with Gasteiger partial charge in [-0.25, -0.2) is 0 Å². The molecule has 0 spiro atoms. The van der Waals surface area contributed by atoms with Gasteiger partial charge in [-0.15, -0.1) is 0 Å². The molecule has 3 nitrogen and oxygen atoms in total. The number of halogens is 1. The second-order valence-corrected chi connectivity index (χ2v) is 5.31. The quantitative estimate of drug-likeness (QED) is 0.921. The molecule has 3 rings (SSSR count). The van der Waals surface area contributed by atoms with Gasteiger partial charge in [-0.3, -0.25) is 0 Å². The Morgan fingerprint density at radius 1 is 1.05 bits per heavy atom.